The number of anilines is 1. The summed E-state index contributed by atoms with van der Waals surface area (Å²) >= 11 is 0. The van der Waals surface area contributed by atoms with Crippen LogP contribution < -0.4 is 11.1 Å². The number of aryl methyl sites for hydroxylation is 1. The molecule has 1 fully saturated rings. The first-order chi connectivity index (χ1) is 6.66. The molecule has 0 aliphatic carbocycles. The largest absolute Gasteiger partial charge is 0.399 e. The quantitative estimate of drug-likeness (QED) is 0.581. The number of nitrogens with two attached hydrogens (primary N) is 1. The van der Waals surface area contributed by atoms with Gasteiger partial charge in [-0.05, 0) is 36.6 Å². The minimum Gasteiger partial charge on any atom is -0.399 e. The Kier molecular flexibility index (Phi) is 2.44. The number of aliphatic hydroxyl groups is 1. The van der Waals surface area contributed by atoms with Crippen LogP contribution in [0.1, 0.15) is 23.5 Å². The molecule has 3 heteroatoms. The number of hydrogen-bond acceptors (Lipinski definition) is 3. The van der Waals surface area contributed by atoms with E-state index in [-0.39, 0.29) is 6.23 Å². The van der Waals surface area contributed by atoms with Gasteiger partial charge in [-0.3, -0.25) is 5.32 Å². The Bertz CT molecular complexity index is 338. The number of rotatable bonds is 1. The molecule has 0 spiro atoms. The van der Waals surface area contributed by atoms with Crippen molar-refractivity contribution >= 4 is 5.69 Å². The molecule has 4 N–H and O–H groups in total. The third-order valence-corrected chi connectivity index (χ3v) is 2.85. The Morgan fingerprint density at radius 3 is 2.93 bits per heavy atom. The molecule has 0 aromatic heterocycles. The van der Waals surface area contributed by atoms with Crippen LogP contribution in [0.4, 0.5) is 5.69 Å². The Labute approximate surface area is 83.9 Å². The molecule has 14 heavy (non-hydrogen) atoms. The first kappa shape index (κ1) is 9.49. The zero-order valence-corrected chi connectivity index (χ0v) is 8.33. The first-order valence-corrected chi connectivity index (χ1v) is 4.94. The van der Waals surface area contributed by atoms with Crippen LogP contribution in [0, 0.1) is 6.92 Å². The van der Waals surface area contributed by atoms with E-state index in [1.165, 1.54) is 11.1 Å². The minimum absolute atomic E-state index is 0.360. The Morgan fingerprint density at radius 1 is 1.50 bits per heavy atom. The summed E-state index contributed by atoms with van der Waals surface area (Å²) in [5.74, 6) is 0.397. The molecule has 0 radical (unpaired) electrons. The zero-order chi connectivity index (χ0) is 10.1. The average Bonchev–Trinajstić information content (AvgIpc) is 2.56. The van der Waals surface area contributed by atoms with Crippen molar-refractivity contribution in [1.82, 2.24) is 5.32 Å². The van der Waals surface area contributed by atoms with E-state index in [1.54, 1.807) is 0 Å². The highest BCUT2D eigenvalue weighted by molar-refractivity contribution is 5.46. The van der Waals surface area contributed by atoms with E-state index in [4.69, 9.17) is 5.73 Å². The van der Waals surface area contributed by atoms with Gasteiger partial charge in [0.05, 0.1) is 0 Å². The van der Waals surface area contributed by atoms with Crippen molar-refractivity contribution in [2.24, 2.45) is 0 Å². The molecule has 1 aliphatic heterocycles. The summed E-state index contributed by atoms with van der Waals surface area (Å²) in [5, 5.41) is 12.4. The van der Waals surface area contributed by atoms with Gasteiger partial charge in [0.25, 0.3) is 0 Å². The molecule has 2 rings (SSSR count). The average molecular weight is 192 g/mol. The maximum absolute atomic E-state index is 9.38. The maximum Gasteiger partial charge on any atom is 0.105 e. The summed E-state index contributed by atoms with van der Waals surface area (Å²) < 4.78 is 0. The van der Waals surface area contributed by atoms with Crippen LogP contribution in [-0.2, 0) is 0 Å². The summed E-state index contributed by atoms with van der Waals surface area (Å²) in [6.07, 6.45) is 0.422. The van der Waals surface area contributed by atoms with Gasteiger partial charge in [0.2, 0.25) is 0 Å². The van der Waals surface area contributed by atoms with Crippen molar-refractivity contribution < 1.29 is 5.11 Å². The summed E-state index contributed by atoms with van der Waals surface area (Å²) in [4.78, 5) is 0. The van der Waals surface area contributed by atoms with Crippen LogP contribution in [0.15, 0.2) is 18.2 Å². The number of aliphatic hydroxyl groups excluding tert-OH is 1. The molecule has 1 aliphatic rings. The molecule has 1 aromatic carbocycles. The summed E-state index contributed by atoms with van der Waals surface area (Å²) in [6.45, 7) is 2.92. The topological polar surface area (TPSA) is 58.3 Å². The predicted octanol–water partition coefficient (Wildman–Crippen LogP) is 0.973. The SMILES string of the molecule is Cc1ccc(N)cc1C1CNC(O)C1. The number of benzene rings is 1. The van der Waals surface area contributed by atoms with Gasteiger partial charge in [0.15, 0.2) is 0 Å². The summed E-state index contributed by atoms with van der Waals surface area (Å²) in [6, 6.07) is 5.97. The van der Waals surface area contributed by atoms with Crippen molar-refractivity contribution in [2.45, 2.75) is 25.5 Å². The zero-order valence-electron chi connectivity index (χ0n) is 8.33. The Morgan fingerprint density at radius 2 is 2.29 bits per heavy atom. The molecular weight excluding hydrogens is 176 g/mol. The van der Waals surface area contributed by atoms with Crippen molar-refractivity contribution in [2.75, 3.05) is 12.3 Å². The molecule has 0 amide bonds. The minimum atomic E-state index is -0.360. The lowest BCUT2D eigenvalue weighted by Gasteiger charge is -2.12. The second-order valence-corrected chi connectivity index (χ2v) is 3.97. The highest BCUT2D eigenvalue weighted by Gasteiger charge is 2.24. The monoisotopic (exact) mass is 192 g/mol. The number of hydrogen-bond donors (Lipinski definition) is 3. The normalized spacial score (nSPS) is 26.7. The first-order valence-electron chi connectivity index (χ1n) is 4.94. The van der Waals surface area contributed by atoms with Crippen LogP contribution >= 0.6 is 0 Å². The van der Waals surface area contributed by atoms with E-state index in [2.05, 4.69) is 12.2 Å². The van der Waals surface area contributed by atoms with Gasteiger partial charge >= 0.3 is 0 Å². The third-order valence-electron chi connectivity index (χ3n) is 2.85. The highest BCUT2D eigenvalue weighted by atomic mass is 16.3. The molecule has 1 heterocycles. The van der Waals surface area contributed by atoms with E-state index >= 15 is 0 Å². The van der Waals surface area contributed by atoms with Crippen LogP contribution in [-0.4, -0.2) is 17.9 Å². The summed E-state index contributed by atoms with van der Waals surface area (Å²) in [5.41, 5.74) is 9.05. The standard InChI is InChI=1S/C11H16N2O/c1-7-2-3-9(12)5-10(7)8-4-11(14)13-6-8/h2-3,5,8,11,13-14H,4,6,12H2,1H3. The Hall–Kier alpha value is -1.06. The second kappa shape index (κ2) is 3.59. The second-order valence-electron chi connectivity index (χ2n) is 3.97. The molecule has 1 aromatic rings. The summed E-state index contributed by atoms with van der Waals surface area (Å²) in [7, 11) is 0. The van der Waals surface area contributed by atoms with Crippen LogP contribution in [0.25, 0.3) is 0 Å². The van der Waals surface area contributed by atoms with Gasteiger partial charge in [-0.2, -0.15) is 0 Å². The number of nitrogen functional groups attached to an aromatic ring is 1. The lowest BCUT2D eigenvalue weighted by atomic mass is 9.93. The third kappa shape index (κ3) is 1.74. The lowest BCUT2D eigenvalue weighted by Crippen LogP contribution is -2.19. The van der Waals surface area contributed by atoms with E-state index in [0.717, 1.165) is 18.7 Å². The molecular formula is C11H16N2O. The smallest absolute Gasteiger partial charge is 0.105 e. The van der Waals surface area contributed by atoms with E-state index in [9.17, 15) is 5.11 Å². The van der Waals surface area contributed by atoms with Crippen LogP contribution in [0.5, 0.6) is 0 Å². The molecule has 1 saturated heterocycles. The van der Waals surface area contributed by atoms with Gasteiger partial charge in [0.1, 0.15) is 6.23 Å². The fourth-order valence-electron chi connectivity index (χ4n) is 2.05. The molecule has 0 saturated carbocycles. The van der Waals surface area contributed by atoms with Crippen molar-refractivity contribution in [3.8, 4) is 0 Å². The van der Waals surface area contributed by atoms with Gasteiger partial charge in [-0.25, -0.2) is 0 Å². The van der Waals surface area contributed by atoms with Crippen molar-refractivity contribution in [1.29, 1.82) is 0 Å². The molecule has 3 nitrogen and oxygen atoms in total. The molecule has 2 unspecified atom stereocenters. The van der Waals surface area contributed by atoms with E-state index in [1.807, 2.05) is 18.2 Å². The lowest BCUT2D eigenvalue weighted by molar-refractivity contribution is 0.159. The van der Waals surface area contributed by atoms with Crippen LogP contribution in [0.2, 0.25) is 0 Å². The van der Waals surface area contributed by atoms with Gasteiger partial charge in [-0.15, -0.1) is 0 Å². The molecule has 76 valence electrons. The van der Waals surface area contributed by atoms with Gasteiger partial charge in [0, 0.05) is 18.2 Å². The predicted molar refractivity (Wildman–Crippen MR) is 57.0 cm³/mol. The Balaban J connectivity index is 2.27. The van der Waals surface area contributed by atoms with Gasteiger partial charge in [-0.1, -0.05) is 6.07 Å². The fraction of sp³-hybridized carbons (Fsp3) is 0.455. The fourth-order valence-corrected chi connectivity index (χ4v) is 2.05. The highest BCUT2D eigenvalue weighted by Crippen LogP contribution is 2.28. The van der Waals surface area contributed by atoms with Crippen molar-refractivity contribution in [3.05, 3.63) is 29.3 Å². The van der Waals surface area contributed by atoms with Gasteiger partial charge < -0.3 is 10.8 Å². The number of nitrogens with one attached hydrogen (secondary N) is 1. The van der Waals surface area contributed by atoms with E-state index in [0.29, 0.717) is 5.92 Å². The van der Waals surface area contributed by atoms with Crippen LogP contribution in [0.3, 0.4) is 0 Å². The maximum atomic E-state index is 9.38. The molecule has 2 atom stereocenters. The van der Waals surface area contributed by atoms with E-state index < -0.39 is 0 Å². The molecule has 0 bridgehead atoms. The van der Waals surface area contributed by atoms with Crippen molar-refractivity contribution in [3.63, 3.8) is 0 Å².